The van der Waals surface area contributed by atoms with Crippen molar-refractivity contribution in [3.63, 3.8) is 0 Å². The third kappa shape index (κ3) is 7.31. The lowest BCUT2D eigenvalue weighted by Gasteiger charge is -2.36. The van der Waals surface area contributed by atoms with Crippen molar-refractivity contribution in [3.05, 3.63) is 0 Å². The van der Waals surface area contributed by atoms with E-state index in [2.05, 4.69) is 6.92 Å². The van der Waals surface area contributed by atoms with Gasteiger partial charge in [0, 0.05) is 13.5 Å². The minimum Gasteiger partial charge on any atom is -0.390 e. The van der Waals surface area contributed by atoms with Crippen LogP contribution in [0.4, 0.5) is 0 Å². The van der Waals surface area contributed by atoms with E-state index in [1.165, 1.54) is 51.4 Å². The van der Waals surface area contributed by atoms with E-state index in [0.29, 0.717) is 0 Å². The molecule has 2 unspecified atom stereocenters. The molecule has 1 fully saturated rings. The molecule has 0 aliphatic heterocycles. The van der Waals surface area contributed by atoms with Crippen LogP contribution in [0.1, 0.15) is 90.4 Å². The fourth-order valence-electron chi connectivity index (χ4n) is 3.30. The first kappa shape index (κ1) is 17.0. The number of hydrogen-bond donors (Lipinski definition) is 1. The van der Waals surface area contributed by atoms with Crippen molar-refractivity contribution in [1.82, 2.24) is 0 Å². The molecule has 0 bridgehead atoms. The predicted molar refractivity (Wildman–Crippen MR) is 81.4 cm³/mol. The van der Waals surface area contributed by atoms with Gasteiger partial charge in [0.15, 0.2) is 0 Å². The minimum atomic E-state index is -0.429. The molecule has 1 rings (SSSR count). The first-order chi connectivity index (χ1) is 9.20. The van der Waals surface area contributed by atoms with E-state index in [0.717, 1.165) is 32.1 Å². The highest BCUT2D eigenvalue weighted by atomic mass is 16.5. The number of ether oxygens (including phenoxy) is 1. The van der Waals surface area contributed by atoms with Crippen molar-refractivity contribution in [1.29, 1.82) is 0 Å². The van der Waals surface area contributed by atoms with Crippen molar-refractivity contribution < 1.29 is 9.84 Å². The molecule has 0 amide bonds. The number of hydrogen-bond acceptors (Lipinski definition) is 2. The van der Waals surface area contributed by atoms with Crippen LogP contribution >= 0.6 is 0 Å². The van der Waals surface area contributed by atoms with E-state index in [9.17, 15) is 5.11 Å². The molecule has 2 atom stereocenters. The van der Waals surface area contributed by atoms with E-state index >= 15 is 0 Å². The third-order valence-corrected chi connectivity index (χ3v) is 4.60. The first-order valence-corrected chi connectivity index (χ1v) is 8.45. The van der Waals surface area contributed by atoms with Crippen LogP contribution in [0, 0.1) is 0 Å². The zero-order valence-corrected chi connectivity index (χ0v) is 13.1. The molecule has 0 aromatic rings. The fraction of sp³-hybridized carbons (Fsp3) is 1.00. The highest BCUT2D eigenvalue weighted by Gasteiger charge is 2.33. The standard InChI is InChI=1S/C17H34O2/c1-3-4-5-6-7-8-9-10-13-17(18)14-11-12-16(15-17)19-2/h16,18H,3-15H2,1-2H3. The molecule has 114 valence electrons. The van der Waals surface area contributed by atoms with Crippen LogP contribution in [0.5, 0.6) is 0 Å². The summed E-state index contributed by atoms with van der Waals surface area (Å²) in [6, 6.07) is 0. The predicted octanol–water partition coefficient (Wildman–Crippen LogP) is 4.84. The molecule has 2 heteroatoms. The van der Waals surface area contributed by atoms with Gasteiger partial charge in [-0.05, 0) is 25.7 Å². The zero-order valence-electron chi connectivity index (χ0n) is 13.1. The SMILES string of the molecule is CCCCCCCCCCC1(O)CCCC(OC)C1. The summed E-state index contributed by atoms with van der Waals surface area (Å²) < 4.78 is 5.41. The van der Waals surface area contributed by atoms with E-state index in [1.54, 1.807) is 7.11 Å². The van der Waals surface area contributed by atoms with E-state index in [1.807, 2.05) is 0 Å². The van der Waals surface area contributed by atoms with Gasteiger partial charge in [-0.25, -0.2) is 0 Å². The van der Waals surface area contributed by atoms with Gasteiger partial charge in [0.2, 0.25) is 0 Å². The molecule has 0 saturated heterocycles. The van der Waals surface area contributed by atoms with Crippen LogP contribution in [-0.4, -0.2) is 23.9 Å². The lowest BCUT2D eigenvalue weighted by atomic mass is 9.79. The molecule has 1 aliphatic rings. The number of unbranched alkanes of at least 4 members (excludes halogenated alkanes) is 7. The molecule has 0 spiro atoms. The van der Waals surface area contributed by atoms with Crippen molar-refractivity contribution in [3.8, 4) is 0 Å². The summed E-state index contributed by atoms with van der Waals surface area (Å²) >= 11 is 0. The van der Waals surface area contributed by atoms with Crippen molar-refractivity contribution in [2.75, 3.05) is 7.11 Å². The van der Waals surface area contributed by atoms with Gasteiger partial charge in [-0.2, -0.15) is 0 Å². The average molecular weight is 270 g/mol. The van der Waals surface area contributed by atoms with Crippen LogP contribution in [-0.2, 0) is 4.74 Å². The summed E-state index contributed by atoms with van der Waals surface area (Å²) in [4.78, 5) is 0. The molecule has 0 aromatic heterocycles. The maximum absolute atomic E-state index is 10.6. The summed E-state index contributed by atoms with van der Waals surface area (Å²) in [5.41, 5.74) is -0.429. The Morgan fingerprint density at radius 1 is 1.05 bits per heavy atom. The Balaban J connectivity index is 2.01. The van der Waals surface area contributed by atoms with Gasteiger partial charge in [-0.3, -0.25) is 0 Å². The van der Waals surface area contributed by atoms with Gasteiger partial charge >= 0.3 is 0 Å². The monoisotopic (exact) mass is 270 g/mol. The van der Waals surface area contributed by atoms with Crippen LogP contribution in [0.3, 0.4) is 0 Å². The molecule has 0 radical (unpaired) electrons. The number of aliphatic hydroxyl groups is 1. The molecule has 1 N–H and O–H groups in total. The van der Waals surface area contributed by atoms with Crippen LogP contribution in [0.25, 0.3) is 0 Å². The molecular formula is C17H34O2. The second-order valence-corrected chi connectivity index (χ2v) is 6.40. The van der Waals surface area contributed by atoms with E-state index < -0.39 is 5.60 Å². The Hall–Kier alpha value is -0.0800. The molecule has 1 saturated carbocycles. The summed E-state index contributed by atoms with van der Waals surface area (Å²) in [7, 11) is 1.77. The summed E-state index contributed by atoms with van der Waals surface area (Å²) in [6.45, 7) is 2.26. The Labute approximate surface area is 119 Å². The van der Waals surface area contributed by atoms with Gasteiger partial charge in [0.25, 0.3) is 0 Å². The highest BCUT2D eigenvalue weighted by Crippen LogP contribution is 2.33. The molecule has 19 heavy (non-hydrogen) atoms. The number of rotatable bonds is 10. The Morgan fingerprint density at radius 2 is 1.68 bits per heavy atom. The van der Waals surface area contributed by atoms with Gasteiger partial charge < -0.3 is 9.84 Å². The summed E-state index contributed by atoms with van der Waals surface area (Å²) in [6.07, 6.45) is 16.0. The highest BCUT2D eigenvalue weighted by molar-refractivity contribution is 4.86. The third-order valence-electron chi connectivity index (χ3n) is 4.60. The summed E-state index contributed by atoms with van der Waals surface area (Å²) in [5.74, 6) is 0. The smallest absolute Gasteiger partial charge is 0.0672 e. The van der Waals surface area contributed by atoms with Crippen LogP contribution < -0.4 is 0 Å². The van der Waals surface area contributed by atoms with E-state index in [4.69, 9.17) is 4.74 Å². The topological polar surface area (TPSA) is 29.5 Å². The Kier molecular flexibility index (Phi) is 8.72. The molecule has 1 aliphatic carbocycles. The first-order valence-electron chi connectivity index (χ1n) is 8.45. The quantitative estimate of drug-likeness (QED) is 0.576. The lowest BCUT2D eigenvalue weighted by molar-refractivity contribution is -0.0644. The Morgan fingerprint density at radius 3 is 2.32 bits per heavy atom. The second kappa shape index (κ2) is 9.77. The second-order valence-electron chi connectivity index (χ2n) is 6.40. The zero-order chi connectivity index (χ0) is 14.0. The van der Waals surface area contributed by atoms with Crippen LogP contribution in [0.15, 0.2) is 0 Å². The minimum absolute atomic E-state index is 0.285. The van der Waals surface area contributed by atoms with Gasteiger partial charge in [0.05, 0.1) is 11.7 Å². The van der Waals surface area contributed by atoms with Crippen molar-refractivity contribution in [2.24, 2.45) is 0 Å². The lowest BCUT2D eigenvalue weighted by Crippen LogP contribution is -2.38. The summed E-state index contributed by atoms with van der Waals surface area (Å²) in [5, 5.41) is 10.6. The van der Waals surface area contributed by atoms with E-state index in [-0.39, 0.29) is 6.10 Å². The largest absolute Gasteiger partial charge is 0.390 e. The van der Waals surface area contributed by atoms with Crippen molar-refractivity contribution >= 4 is 0 Å². The molecule has 2 nitrogen and oxygen atoms in total. The van der Waals surface area contributed by atoms with Gasteiger partial charge in [-0.15, -0.1) is 0 Å². The number of methoxy groups -OCH3 is 1. The average Bonchev–Trinajstić information content (AvgIpc) is 2.41. The Bertz CT molecular complexity index is 217. The van der Waals surface area contributed by atoms with Gasteiger partial charge in [0.1, 0.15) is 0 Å². The maximum atomic E-state index is 10.6. The molecule has 0 aromatic carbocycles. The maximum Gasteiger partial charge on any atom is 0.0672 e. The molecular weight excluding hydrogens is 236 g/mol. The fourth-order valence-corrected chi connectivity index (χ4v) is 3.30. The van der Waals surface area contributed by atoms with Crippen molar-refractivity contribution in [2.45, 2.75) is 102 Å². The van der Waals surface area contributed by atoms with Gasteiger partial charge in [-0.1, -0.05) is 58.3 Å². The molecule has 0 heterocycles. The normalized spacial score (nSPS) is 27.6. The van der Waals surface area contributed by atoms with Crippen LogP contribution in [0.2, 0.25) is 0 Å².